The minimum absolute atomic E-state index is 0.206. The Morgan fingerprint density at radius 1 is 0.397 bits per heavy atom. The van der Waals surface area contributed by atoms with E-state index in [9.17, 15) is 57.5 Å². The molecular formula is C40H25BF20OS. The molecule has 0 N–H and O–H groups in total. The van der Waals surface area contributed by atoms with Crippen LogP contribution in [0.1, 0.15) is 50.9 Å². The zero-order chi connectivity index (χ0) is 47.9. The SMILES string of the molecule is CCC(C)[S+](CC(=O)c1ccccc1)C(C)CC.Fc1c(F)c(F)c([B-](c2c(F)c(F)c(F)c(F)c2F)(c2c(F)c(F)c(F)c(F)c2F)c2c(F)c(F)c(F)c(F)c2F)c(F)c1F. The minimum Gasteiger partial charge on any atom is -0.289 e. The van der Waals surface area contributed by atoms with Crippen LogP contribution in [0.25, 0.3) is 0 Å². The Labute approximate surface area is 346 Å². The Hall–Kier alpha value is -5.22. The van der Waals surface area contributed by atoms with Gasteiger partial charge in [0.2, 0.25) is 5.78 Å². The number of benzene rings is 5. The molecule has 63 heavy (non-hydrogen) atoms. The van der Waals surface area contributed by atoms with E-state index in [0.717, 1.165) is 18.4 Å². The van der Waals surface area contributed by atoms with Gasteiger partial charge in [-0.15, -0.1) is 21.9 Å². The Balaban J connectivity index is 0.000000405. The van der Waals surface area contributed by atoms with Gasteiger partial charge in [-0.2, -0.15) is 0 Å². The first-order valence-corrected chi connectivity index (χ1v) is 19.3. The van der Waals surface area contributed by atoms with Crippen LogP contribution in [0, 0.1) is 116 Å². The van der Waals surface area contributed by atoms with Gasteiger partial charge in [-0.05, 0) is 26.7 Å². The molecule has 0 saturated heterocycles. The van der Waals surface area contributed by atoms with Crippen LogP contribution in [0.3, 0.4) is 0 Å². The second-order valence-corrected chi connectivity index (χ2v) is 16.5. The smallest absolute Gasteiger partial charge is 0.211 e. The van der Waals surface area contributed by atoms with Gasteiger partial charge in [0, 0.05) is 16.5 Å². The quantitative estimate of drug-likeness (QED) is 0.0322. The second kappa shape index (κ2) is 19.3. The van der Waals surface area contributed by atoms with E-state index in [0.29, 0.717) is 22.0 Å². The summed E-state index contributed by atoms with van der Waals surface area (Å²) in [5.74, 6) is -70.4. The first kappa shape index (κ1) is 50.4. The molecule has 5 aromatic rings. The first-order chi connectivity index (χ1) is 29.3. The molecule has 0 heterocycles. The van der Waals surface area contributed by atoms with Crippen LogP contribution in [0.5, 0.6) is 0 Å². The van der Waals surface area contributed by atoms with E-state index in [4.69, 9.17) is 0 Å². The van der Waals surface area contributed by atoms with Gasteiger partial charge in [-0.25, -0.2) is 87.8 Å². The molecule has 340 valence electrons. The Morgan fingerprint density at radius 3 is 0.810 bits per heavy atom. The fourth-order valence-electron chi connectivity index (χ4n) is 6.84. The lowest BCUT2D eigenvalue weighted by Gasteiger charge is -2.44. The molecule has 2 unspecified atom stereocenters. The average Bonchev–Trinajstić information content (AvgIpc) is 3.27. The summed E-state index contributed by atoms with van der Waals surface area (Å²) in [6.45, 7) is 9.02. The van der Waals surface area contributed by atoms with Crippen molar-refractivity contribution >= 4 is 44.7 Å². The number of ketones is 1. The molecule has 2 atom stereocenters. The van der Waals surface area contributed by atoms with Crippen molar-refractivity contribution in [2.75, 3.05) is 5.75 Å². The zero-order valence-electron chi connectivity index (χ0n) is 32.1. The Kier molecular flexibility index (Phi) is 15.4. The highest BCUT2D eigenvalue weighted by atomic mass is 32.2. The van der Waals surface area contributed by atoms with Crippen LogP contribution in [0.2, 0.25) is 0 Å². The third-order valence-corrected chi connectivity index (χ3v) is 13.6. The van der Waals surface area contributed by atoms with Crippen molar-refractivity contribution in [2.45, 2.75) is 51.0 Å². The molecule has 1 nitrogen and oxygen atoms in total. The van der Waals surface area contributed by atoms with E-state index in [1.54, 1.807) is 0 Å². The topological polar surface area (TPSA) is 17.1 Å². The van der Waals surface area contributed by atoms with Gasteiger partial charge >= 0.3 is 0 Å². The second-order valence-electron chi connectivity index (χ2n) is 13.6. The number of carbonyl (C=O) groups is 1. The van der Waals surface area contributed by atoms with Crippen LogP contribution in [-0.2, 0) is 10.9 Å². The average molecular weight is 944 g/mol. The zero-order valence-corrected chi connectivity index (χ0v) is 32.9. The number of rotatable bonds is 11. The molecule has 0 aromatic heterocycles. The maximum atomic E-state index is 15.4. The molecular weight excluding hydrogens is 919 g/mol. The predicted octanol–water partition coefficient (Wildman–Crippen LogP) is 9.93. The molecule has 0 aliphatic heterocycles. The maximum Gasteiger partial charge on any atom is 0.211 e. The standard InChI is InChI=1S/C24BF20.C16H25OS/c26-5-1(6(27)14(35)21(42)13(5)34)25(2-7(28)15(36)22(43)16(37)8(2)29,3-9(30)17(38)23(44)18(39)10(3)31)4-11(32)19(40)24(45)20(41)12(4)33;1-5-13(3)18(14(4)6-2)12-16(17)15-10-8-7-9-11-15/h;7-11,13-14H,5-6,12H2,1-4H3/q-1;+1. The summed E-state index contributed by atoms with van der Waals surface area (Å²) in [5, 5.41) is 1.29. The number of hydrogen-bond acceptors (Lipinski definition) is 1. The largest absolute Gasteiger partial charge is 0.289 e. The van der Waals surface area contributed by atoms with Crippen molar-refractivity contribution in [3.05, 3.63) is 152 Å². The summed E-state index contributed by atoms with van der Waals surface area (Å²) in [4.78, 5) is 12.3. The summed E-state index contributed by atoms with van der Waals surface area (Å²) in [7, 11) is 0.206. The van der Waals surface area contributed by atoms with Crippen LogP contribution >= 0.6 is 0 Å². The van der Waals surface area contributed by atoms with E-state index < -0.39 is 144 Å². The molecule has 0 aliphatic carbocycles. The summed E-state index contributed by atoms with van der Waals surface area (Å²) >= 11 is 0. The maximum absolute atomic E-state index is 15.4. The number of carbonyl (C=O) groups excluding carboxylic acids is 1. The molecule has 0 saturated carbocycles. The molecule has 0 fully saturated rings. The van der Waals surface area contributed by atoms with Crippen LogP contribution in [-0.4, -0.2) is 28.2 Å². The predicted molar refractivity (Wildman–Crippen MR) is 192 cm³/mol. The van der Waals surface area contributed by atoms with E-state index in [1.165, 1.54) is 0 Å². The Bertz CT molecular complexity index is 2200. The lowest BCUT2D eigenvalue weighted by atomic mass is 9.12. The number of Topliss-reactive ketones (excluding diaryl/α,β-unsaturated/α-hetero) is 1. The molecule has 0 amide bonds. The lowest BCUT2D eigenvalue weighted by molar-refractivity contribution is 0.102. The van der Waals surface area contributed by atoms with Crippen molar-refractivity contribution in [1.29, 1.82) is 0 Å². The monoisotopic (exact) mass is 944 g/mol. The van der Waals surface area contributed by atoms with Crippen molar-refractivity contribution in [3.63, 3.8) is 0 Å². The molecule has 0 bridgehead atoms. The molecule has 23 heteroatoms. The summed E-state index contributed by atoms with van der Waals surface area (Å²) < 4.78 is 294. The van der Waals surface area contributed by atoms with Crippen LogP contribution < -0.4 is 21.9 Å². The molecule has 0 aliphatic rings. The number of halogens is 20. The third kappa shape index (κ3) is 8.36. The van der Waals surface area contributed by atoms with Crippen LogP contribution in [0.15, 0.2) is 30.3 Å². The van der Waals surface area contributed by atoms with Crippen molar-refractivity contribution in [3.8, 4) is 0 Å². The fraction of sp³-hybridized carbons (Fsp3) is 0.225. The summed E-state index contributed by atoms with van der Waals surface area (Å²) in [5.41, 5.74) is -13.5. The normalized spacial score (nSPS) is 13.1. The summed E-state index contributed by atoms with van der Waals surface area (Å²) in [6.07, 6.45) is -4.89. The molecule has 0 radical (unpaired) electrons. The van der Waals surface area contributed by atoms with E-state index in [1.807, 2.05) is 30.3 Å². The van der Waals surface area contributed by atoms with Gasteiger partial charge in [0.1, 0.15) is 63.2 Å². The lowest BCUT2D eigenvalue weighted by Crippen LogP contribution is -2.81. The summed E-state index contributed by atoms with van der Waals surface area (Å²) in [6, 6.07) is 9.70. The van der Waals surface area contributed by atoms with E-state index >= 15 is 35.1 Å². The van der Waals surface area contributed by atoms with Crippen LogP contribution in [0.4, 0.5) is 87.8 Å². The Morgan fingerprint density at radius 2 is 0.603 bits per heavy atom. The van der Waals surface area contributed by atoms with Crippen molar-refractivity contribution in [1.82, 2.24) is 0 Å². The van der Waals surface area contributed by atoms with Crippen molar-refractivity contribution in [2.24, 2.45) is 0 Å². The molecule has 0 spiro atoms. The van der Waals surface area contributed by atoms with E-state index in [2.05, 4.69) is 27.7 Å². The first-order valence-electron chi connectivity index (χ1n) is 17.8. The molecule has 5 rings (SSSR count). The van der Waals surface area contributed by atoms with E-state index in [-0.39, 0.29) is 10.9 Å². The highest BCUT2D eigenvalue weighted by molar-refractivity contribution is 7.98. The highest BCUT2D eigenvalue weighted by Crippen LogP contribution is 2.31. The van der Waals surface area contributed by atoms with Gasteiger partial charge in [-0.1, -0.05) is 44.2 Å². The highest BCUT2D eigenvalue weighted by Gasteiger charge is 2.52. The number of hydrogen-bond donors (Lipinski definition) is 0. The fourth-order valence-corrected chi connectivity index (χ4v) is 9.53. The molecule has 5 aromatic carbocycles. The van der Waals surface area contributed by atoms with Gasteiger partial charge in [-0.3, -0.25) is 4.79 Å². The van der Waals surface area contributed by atoms with Crippen molar-refractivity contribution < 1.29 is 92.6 Å². The van der Waals surface area contributed by atoms with Gasteiger partial charge in [0.05, 0.1) is 0 Å². The van der Waals surface area contributed by atoms with Gasteiger partial charge in [0.25, 0.3) is 0 Å². The van der Waals surface area contributed by atoms with Gasteiger partial charge in [0.15, 0.2) is 75.6 Å². The third-order valence-electron chi connectivity index (χ3n) is 10.3. The van der Waals surface area contributed by atoms with Gasteiger partial charge < -0.3 is 0 Å². The minimum atomic E-state index is -7.22.